The molecule has 2 aliphatic heterocycles. The molecule has 2 fully saturated rings. The number of nitrogens with zero attached hydrogens (tertiary/aromatic N) is 3. The van der Waals surface area contributed by atoms with E-state index in [0.717, 1.165) is 45.0 Å². The summed E-state index contributed by atoms with van der Waals surface area (Å²) in [7, 11) is 1.72. The summed E-state index contributed by atoms with van der Waals surface area (Å²) in [6, 6.07) is 0. The van der Waals surface area contributed by atoms with Gasteiger partial charge in [-0.1, -0.05) is 6.92 Å². The second kappa shape index (κ2) is 10.6. The maximum atomic E-state index is 11.6. The molecule has 0 radical (unpaired) electrons. The van der Waals surface area contributed by atoms with E-state index in [2.05, 4.69) is 34.3 Å². The molecule has 0 aromatic rings. The van der Waals surface area contributed by atoms with Crippen molar-refractivity contribution in [3.63, 3.8) is 0 Å². The Morgan fingerprint density at radius 2 is 1.84 bits per heavy atom. The predicted molar refractivity (Wildman–Crippen MR) is 104 cm³/mol. The smallest absolute Gasteiger partial charge is 0.220 e. The van der Waals surface area contributed by atoms with Crippen LogP contribution in [0.15, 0.2) is 4.99 Å². The summed E-state index contributed by atoms with van der Waals surface area (Å²) in [6.07, 6.45) is 5.32. The summed E-state index contributed by atoms with van der Waals surface area (Å²) in [5.41, 5.74) is 0. The lowest BCUT2D eigenvalue weighted by atomic mass is 9.93. The molecule has 0 spiro atoms. The van der Waals surface area contributed by atoms with E-state index in [1.54, 1.807) is 7.05 Å². The SMILES string of the molecule is CCCN1CCC(CN=C(NCC)N2CCC(CC(=O)NC)CC2)C1. The Balaban J connectivity index is 1.81. The van der Waals surface area contributed by atoms with Crippen LogP contribution in [0.5, 0.6) is 0 Å². The number of carbonyl (C=O) groups is 1. The molecule has 2 heterocycles. The highest BCUT2D eigenvalue weighted by molar-refractivity contribution is 5.80. The van der Waals surface area contributed by atoms with Crippen molar-refractivity contribution in [1.29, 1.82) is 0 Å². The number of nitrogens with one attached hydrogen (secondary N) is 2. The second-order valence-electron chi connectivity index (χ2n) is 7.46. The molecule has 2 saturated heterocycles. The topological polar surface area (TPSA) is 60.0 Å². The maximum absolute atomic E-state index is 11.6. The van der Waals surface area contributed by atoms with Crippen molar-refractivity contribution in [2.45, 2.75) is 46.0 Å². The van der Waals surface area contributed by atoms with Gasteiger partial charge in [0.25, 0.3) is 0 Å². The van der Waals surface area contributed by atoms with Crippen molar-refractivity contribution < 1.29 is 4.79 Å². The highest BCUT2D eigenvalue weighted by Crippen LogP contribution is 2.21. The minimum absolute atomic E-state index is 0.164. The van der Waals surface area contributed by atoms with Crippen LogP contribution in [0.3, 0.4) is 0 Å². The number of piperidine rings is 1. The van der Waals surface area contributed by atoms with E-state index in [-0.39, 0.29) is 5.91 Å². The number of rotatable bonds is 7. The third kappa shape index (κ3) is 6.49. The van der Waals surface area contributed by atoms with Crippen molar-refractivity contribution in [2.24, 2.45) is 16.8 Å². The lowest BCUT2D eigenvalue weighted by Gasteiger charge is -2.34. The van der Waals surface area contributed by atoms with Gasteiger partial charge in [0.1, 0.15) is 0 Å². The zero-order valence-corrected chi connectivity index (χ0v) is 16.4. The number of likely N-dealkylation sites (tertiary alicyclic amines) is 2. The van der Waals surface area contributed by atoms with Crippen molar-refractivity contribution in [1.82, 2.24) is 20.4 Å². The zero-order chi connectivity index (χ0) is 18.1. The molecule has 1 atom stereocenters. The highest BCUT2D eigenvalue weighted by atomic mass is 16.1. The molecule has 1 unspecified atom stereocenters. The van der Waals surface area contributed by atoms with E-state index in [0.29, 0.717) is 18.3 Å². The van der Waals surface area contributed by atoms with Crippen LogP contribution in [-0.2, 0) is 4.79 Å². The van der Waals surface area contributed by atoms with Gasteiger partial charge in [0.2, 0.25) is 5.91 Å². The van der Waals surface area contributed by atoms with E-state index in [1.807, 2.05) is 0 Å². The average molecular weight is 352 g/mol. The van der Waals surface area contributed by atoms with Crippen LogP contribution in [0.4, 0.5) is 0 Å². The van der Waals surface area contributed by atoms with Crippen LogP contribution in [0.25, 0.3) is 0 Å². The van der Waals surface area contributed by atoms with Gasteiger partial charge in [0, 0.05) is 46.2 Å². The first-order chi connectivity index (χ1) is 12.2. The number of guanidine groups is 1. The summed E-state index contributed by atoms with van der Waals surface area (Å²) in [6.45, 7) is 11.9. The fourth-order valence-electron chi connectivity index (χ4n) is 3.94. The normalized spacial score (nSPS) is 23.1. The molecule has 144 valence electrons. The van der Waals surface area contributed by atoms with Crippen LogP contribution >= 0.6 is 0 Å². The first kappa shape index (κ1) is 20.0. The van der Waals surface area contributed by atoms with Gasteiger partial charge >= 0.3 is 0 Å². The Morgan fingerprint density at radius 3 is 2.48 bits per heavy atom. The van der Waals surface area contributed by atoms with Crippen LogP contribution in [0, 0.1) is 11.8 Å². The molecule has 0 aliphatic carbocycles. The van der Waals surface area contributed by atoms with Crippen molar-refractivity contribution in [3.8, 4) is 0 Å². The molecule has 0 aromatic heterocycles. The molecular formula is C19H37N5O. The van der Waals surface area contributed by atoms with E-state index < -0.39 is 0 Å². The molecule has 6 heteroatoms. The molecule has 0 aromatic carbocycles. The zero-order valence-electron chi connectivity index (χ0n) is 16.4. The van der Waals surface area contributed by atoms with Gasteiger partial charge in [0.15, 0.2) is 5.96 Å². The van der Waals surface area contributed by atoms with Crippen LogP contribution in [-0.4, -0.2) is 74.5 Å². The Morgan fingerprint density at radius 1 is 1.12 bits per heavy atom. The molecule has 0 saturated carbocycles. The quantitative estimate of drug-likeness (QED) is 0.539. The van der Waals surface area contributed by atoms with E-state index >= 15 is 0 Å². The molecule has 2 N–H and O–H groups in total. The van der Waals surface area contributed by atoms with Gasteiger partial charge in [-0.15, -0.1) is 0 Å². The van der Waals surface area contributed by atoms with Gasteiger partial charge in [-0.25, -0.2) is 0 Å². The maximum Gasteiger partial charge on any atom is 0.220 e. The summed E-state index contributed by atoms with van der Waals surface area (Å²) in [4.78, 5) is 21.4. The molecule has 25 heavy (non-hydrogen) atoms. The number of aliphatic imine (C=N–C) groups is 1. The fraction of sp³-hybridized carbons (Fsp3) is 0.895. The summed E-state index contributed by atoms with van der Waals surface area (Å²) in [5.74, 6) is 2.44. The third-order valence-electron chi connectivity index (χ3n) is 5.41. The Kier molecular flexibility index (Phi) is 8.52. The summed E-state index contributed by atoms with van der Waals surface area (Å²) >= 11 is 0. The van der Waals surface area contributed by atoms with Crippen molar-refractivity contribution in [3.05, 3.63) is 0 Å². The highest BCUT2D eigenvalue weighted by Gasteiger charge is 2.24. The number of hydrogen-bond donors (Lipinski definition) is 2. The van der Waals surface area contributed by atoms with Gasteiger partial charge in [0.05, 0.1) is 0 Å². The number of hydrogen-bond acceptors (Lipinski definition) is 3. The lowest BCUT2D eigenvalue weighted by Crippen LogP contribution is -2.46. The standard InChI is InChI=1S/C19H37N5O/c1-4-9-23-10-6-17(15-23)14-22-19(21-5-2)24-11-7-16(8-12-24)13-18(25)20-3/h16-17H,4-15H2,1-3H3,(H,20,25)(H,21,22). The minimum Gasteiger partial charge on any atom is -0.359 e. The molecule has 2 rings (SSSR count). The van der Waals surface area contributed by atoms with E-state index in [9.17, 15) is 4.79 Å². The minimum atomic E-state index is 0.164. The van der Waals surface area contributed by atoms with Crippen LogP contribution in [0.2, 0.25) is 0 Å². The average Bonchev–Trinajstić information content (AvgIpc) is 3.07. The van der Waals surface area contributed by atoms with Crippen LogP contribution in [0.1, 0.15) is 46.0 Å². The first-order valence-corrected chi connectivity index (χ1v) is 10.1. The third-order valence-corrected chi connectivity index (χ3v) is 5.41. The molecule has 6 nitrogen and oxygen atoms in total. The number of carbonyl (C=O) groups excluding carboxylic acids is 1. The Hall–Kier alpha value is -1.30. The van der Waals surface area contributed by atoms with Crippen molar-refractivity contribution in [2.75, 3.05) is 52.9 Å². The fourth-order valence-corrected chi connectivity index (χ4v) is 3.94. The van der Waals surface area contributed by atoms with E-state index in [1.165, 1.54) is 32.5 Å². The van der Waals surface area contributed by atoms with Gasteiger partial charge in [-0.05, 0) is 57.5 Å². The Bertz CT molecular complexity index is 432. The Labute approximate surface area is 153 Å². The predicted octanol–water partition coefficient (Wildman–Crippen LogP) is 1.53. The first-order valence-electron chi connectivity index (χ1n) is 10.1. The van der Waals surface area contributed by atoms with Crippen molar-refractivity contribution >= 4 is 11.9 Å². The molecular weight excluding hydrogens is 314 g/mol. The summed E-state index contributed by atoms with van der Waals surface area (Å²) < 4.78 is 0. The molecule has 1 amide bonds. The molecule has 0 bridgehead atoms. The van der Waals surface area contributed by atoms with Gasteiger partial charge in [-0.2, -0.15) is 0 Å². The van der Waals surface area contributed by atoms with Gasteiger partial charge in [-0.3, -0.25) is 9.79 Å². The summed E-state index contributed by atoms with van der Waals surface area (Å²) in [5, 5.41) is 6.20. The molecule has 2 aliphatic rings. The van der Waals surface area contributed by atoms with Gasteiger partial charge < -0.3 is 20.4 Å². The number of amides is 1. The van der Waals surface area contributed by atoms with E-state index in [4.69, 9.17) is 4.99 Å². The van der Waals surface area contributed by atoms with Crippen LogP contribution < -0.4 is 10.6 Å². The second-order valence-corrected chi connectivity index (χ2v) is 7.46. The largest absolute Gasteiger partial charge is 0.359 e. The lowest BCUT2D eigenvalue weighted by molar-refractivity contribution is -0.121. The monoisotopic (exact) mass is 351 g/mol.